The summed E-state index contributed by atoms with van der Waals surface area (Å²) in [7, 11) is 0. The van der Waals surface area contributed by atoms with E-state index in [9.17, 15) is 9.59 Å². The number of likely N-dealkylation sites (tertiary alicyclic amines) is 1. The Balaban J connectivity index is 1.38. The number of nitrogens with zero attached hydrogens (tertiary/aromatic N) is 3. The second kappa shape index (κ2) is 7.78. The van der Waals surface area contributed by atoms with Gasteiger partial charge < -0.3 is 20.1 Å². The first-order chi connectivity index (χ1) is 12.7. The number of imidazole rings is 1. The van der Waals surface area contributed by atoms with Crippen LogP contribution in [0, 0.1) is 5.92 Å². The number of hydrogen-bond acceptors (Lipinski definition) is 4. The Morgan fingerprint density at radius 3 is 2.62 bits per heavy atom. The molecular formula is C19H29N5O2. The van der Waals surface area contributed by atoms with Crippen molar-refractivity contribution >= 4 is 11.8 Å². The molecule has 1 aromatic heterocycles. The number of aromatic nitrogens is 2. The molecule has 3 fully saturated rings. The quantitative estimate of drug-likeness (QED) is 0.838. The van der Waals surface area contributed by atoms with Gasteiger partial charge in [-0.25, -0.2) is 4.98 Å². The molecule has 142 valence electrons. The molecule has 0 aromatic carbocycles. The van der Waals surface area contributed by atoms with Crippen molar-refractivity contribution in [3.63, 3.8) is 0 Å². The molecule has 2 N–H and O–H groups in total. The van der Waals surface area contributed by atoms with Crippen molar-refractivity contribution in [2.24, 2.45) is 5.92 Å². The number of aromatic amines is 1. The predicted octanol–water partition coefficient (Wildman–Crippen LogP) is 0.934. The molecule has 3 aliphatic rings. The monoisotopic (exact) mass is 359 g/mol. The third-order valence-corrected chi connectivity index (χ3v) is 6.30. The van der Waals surface area contributed by atoms with Crippen LogP contribution in [-0.4, -0.2) is 69.8 Å². The fourth-order valence-corrected chi connectivity index (χ4v) is 4.80. The molecule has 26 heavy (non-hydrogen) atoms. The molecule has 0 spiro atoms. The number of carbonyl (C=O) groups is 2. The van der Waals surface area contributed by atoms with E-state index >= 15 is 0 Å². The summed E-state index contributed by atoms with van der Waals surface area (Å²) in [5.41, 5.74) is 0.890. The molecule has 2 aliphatic heterocycles. The number of rotatable bonds is 4. The fraction of sp³-hybridized carbons (Fsp3) is 0.737. The van der Waals surface area contributed by atoms with E-state index in [1.807, 2.05) is 4.90 Å². The van der Waals surface area contributed by atoms with Crippen molar-refractivity contribution in [1.82, 2.24) is 25.1 Å². The van der Waals surface area contributed by atoms with Crippen LogP contribution in [0.25, 0.3) is 0 Å². The van der Waals surface area contributed by atoms with Crippen LogP contribution >= 0.6 is 0 Å². The molecule has 1 unspecified atom stereocenters. The van der Waals surface area contributed by atoms with E-state index in [2.05, 4.69) is 20.2 Å². The normalized spacial score (nSPS) is 26.2. The van der Waals surface area contributed by atoms with Crippen molar-refractivity contribution in [3.8, 4) is 0 Å². The van der Waals surface area contributed by atoms with Crippen LogP contribution in [0.15, 0.2) is 12.5 Å². The van der Waals surface area contributed by atoms with Crippen LogP contribution in [0.5, 0.6) is 0 Å². The van der Waals surface area contributed by atoms with Gasteiger partial charge in [-0.05, 0) is 38.8 Å². The van der Waals surface area contributed by atoms with Gasteiger partial charge in [0.05, 0.1) is 6.33 Å². The first kappa shape index (κ1) is 17.5. The Morgan fingerprint density at radius 1 is 1.15 bits per heavy atom. The topological polar surface area (TPSA) is 81.3 Å². The maximum atomic E-state index is 13.2. The highest BCUT2D eigenvalue weighted by molar-refractivity contribution is 5.89. The van der Waals surface area contributed by atoms with Gasteiger partial charge in [0.25, 0.3) is 0 Å². The summed E-state index contributed by atoms with van der Waals surface area (Å²) in [5.74, 6) is 0.167. The molecule has 1 atom stereocenters. The summed E-state index contributed by atoms with van der Waals surface area (Å²) >= 11 is 0. The van der Waals surface area contributed by atoms with E-state index in [-0.39, 0.29) is 17.7 Å². The maximum absolute atomic E-state index is 13.2. The second-order valence-electron chi connectivity index (χ2n) is 7.87. The minimum absolute atomic E-state index is 0.0532. The first-order valence-corrected chi connectivity index (χ1v) is 10.0. The average molecular weight is 359 g/mol. The van der Waals surface area contributed by atoms with E-state index < -0.39 is 6.04 Å². The summed E-state index contributed by atoms with van der Waals surface area (Å²) in [6.07, 6.45) is 11.0. The highest BCUT2D eigenvalue weighted by Gasteiger charge is 2.38. The van der Waals surface area contributed by atoms with Gasteiger partial charge in [-0.2, -0.15) is 0 Å². The third-order valence-electron chi connectivity index (χ3n) is 6.30. The molecule has 4 rings (SSSR count). The van der Waals surface area contributed by atoms with Crippen LogP contribution in [-0.2, 0) is 16.0 Å². The van der Waals surface area contributed by atoms with Crippen LogP contribution in [0.4, 0.5) is 0 Å². The van der Waals surface area contributed by atoms with Gasteiger partial charge in [0.2, 0.25) is 11.8 Å². The van der Waals surface area contributed by atoms with E-state index in [0.717, 1.165) is 37.7 Å². The lowest BCUT2D eigenvalue weighted by Crippen LogP contribution is -2.59. The summed E-state index contributed by atoms with van der Waals surface area (Å²) in [4.78, 5) is 37.0. The lowest BCUT2D eigenvalue weighted by atomic mass is 9.92. The molecule has 2 saturated heterocycles. The zero-order valence-corrected chi connectivity index (χ0v) is 15.3. The minimum Gasteiger partial charge on any atom is -0.353 e. The Hall–Kier alpha value is -1.89. The van der Waals surface area contributed by atoms with Gasteiger partial charge in [-0.15, -0.1) is 0 Å². The number of piperazine rings is 1. The van der Waals surface area contributed by atoms with Crippen molar-refractivity contribution in [3.05, 3.63) is 18.2 Å². The molecule has 1 aromatic rings. The van der Waals surface area contributed by atoms with Crippen LogP contribution < -0.4 is 5.32 Å². The maximum Gasteiger partial charge on any atom is 0.243 e. The number of amides is 2. The molecular weight excluding hydrogens is 330 g/mol. The Morgan fingerprint density at radius 2 is 1.92 bits per heavy atom. The number of hydrogen-bond donors (Lipinski definition) is 2. The summed E-state index contributed by atoms with van der Waals surface area (Å²) in [6, 6.07) is 0.310. The third kappa shape index (κ3) is 3.63. The SMILES string of the molecule is O=C1NCCN(C(=O)C2CCN(C3CCCC3)CC2)C1Cc1cnc[nH]1. The van der Waals surface area contributed by atoms with Crippen LogP contribution in [0.2, 0.25) is 0 Å². The fourth-order valence-electron chi connectivity index (χ4n) is 4.80. The zero-order chi connectivity index (χ0) is 17.9. The molecule has 0 bridgehead atoms. The molecule has 2 amide bonds. The Bertz CT molecular complexity index is 618. The average Bonchev–Trinajstić information content (AvgIpc) is 3.37. The van der Waals surface area contributed by atoms with E-state index in [4.69, 9.17) is 0 Å². The number of carbonyl (C=O) groups excluding carboxylic acids is 2. The lowest BCUT2D eigenvalue weighted by molar-refractivity contribution is -0.147. The number of nitrogens with one attached hydrogen (secondary N) is 2. The van der Waals surface area contributed by atoms with Gasteiger partial charge >= 0.3 is 0 Å². The number of H-pyrrole nitrogens is 1. The van der Waals surface area contributed by atoms with Gasteiger partial charge in [-0.3, -0.25) is 9.59 Å². The standard InChI is InChI=1S/C19H29N5O2/c25-18-17(11-15-12-20-13-22-15)24(10-7-21-18)19(26)14-5-8-23(9-6-14)16-3-1-2-4-16/h12-14,16-17H,1-11H2,(H,20,22)(H,21,25). The van der Waals surface area contributed by atoms with Crippen LogP contribution in [0.1, 0.15) is 44.2 Å². The van der Waals surface area contributed by atoms with Crippen LogP contribution in [0.3, 0.4) is 0 Å². The Labute approximate surface area is 154 Å². The molecule has 3 heterocycles. The lowest BCUT2D eigenvalue weighted by Gasteiger charge is -2.40. The van der Waals surface area contributed by atoms with Crippen molar-refractivity contribution in [1.29, 1.82) is 0 Å². The molecule has 0 radical (unpaired) electrons. The van der Waals surface area contributed by atoms with Gasteiger partial charge in [0.15, 0.2) is 0 Å². The summed E-state index contributed by atoms with van der Waals surface area (Å²) in [5, 5.41) is 2.90. The van der Waals surface area contributed by atoms with Gasteiger partial charge in [0.1, 0.15) is 6.04 Å². The first-order valence-electron chi connectivity index (χ1n) is 10.0. The molecule has 1 saturated carbocycles. The summed E-state index contributed by atoms with van der Waals surface area (Å²) < 4.78 is 0. The Kier molecular flexibility index (Phi) is 5.24. The van der Waals surface area contributed by atoms with E-state index in [0.29, 0.717) is 19.5 Å². The smallest absolute Gasteiger partial charge is 0.243 e. The molecule has 7 heteroatoms. The van der Waals surface area contributed by atoms with Gasteiger partial charge in [0, 0.05) is 43.4 Å². The number of piperidine rings is 1. The molecule has 7 nitrogen and oxygen atoms in total. The van der Waals surface area contributed by atoms with E-state index in [1.165, 1.54) is 25.7 Å². The predicted molar refractivity (Wildman–Crippen MR) is 97.4 cm³/mol. The van der Waals surface area contributed by atoms with Crippen molar-refractivity contribution in [2.45, 2.75) is 57.0 Å². The highest BCUT2D eigenvalue weighted by Crippen LogP contribution is 2.29. The highest BCUT2D eigenvalue weighted by atomic mass is 16.2. The molecule has 1 aliphatic carbocycles. The van der Waals surface area contributed by atoms with Crippen molar-refractivity contribution < 1.29 is 9.59 Å². The summed E-state index contributed by atoms with van der Waals surface area (Å²) in [6.45, 7) is 3.19. The zero-order valence-electron chi connectivity index (χ0n) is 15.3. The largest absolute Gasteiger partial charge is 0.353 e. The minimum atomic E-state index is -0.426. The second-order valence-corrected chi connectivity index (χ2v) is 7.87. The van der Waals surface area contributed by atoms with Crippen molar-refractivity contribution in [2.75, 3.05) is 26.2 Å². The van der Waals surface area contributed by atoms with E-state index in [1.54, 1.807) is 12.5 Å². The van der Waals surface area contributed by atoms with Gasteiger partial charge in [-0.1, -0.05) is 12.8 Å².